The third-order valence-electron chi connectivity index (χ3n) is 2.76. The van der Waals surface area contributed by atoms with E-state index >= 15 is 0 Å². The van der Waals surface area contributed by atoms with Gasteiger partial charge in [0.05, 0.1) is 6.61 Å². The quantitative estimate of drug-likeness (QED) is 0.663. The lowest BCUT2D eigenvalue weighted by Crippen LogP contribution is -2.13. The zero-order chi connectivity index (χ0) is 9.97. The van der Waals surface area contributed by atoms with Gasteiger partial charge >= 0.3 is 0 Å². The largest absolute Gasteiger partial charge is 0.507 e. The monoisotopic (exact) mass is 193 g/mol. The summed E-state index contributed by atoms with van der Waals surface area (Å²) in [5, 5.41) is 22.2. The van der Waals surface area contributed by atoms with Crippen molar-refractivity contribution in [2.24, 2.45) is 0 Å². The second kappa shape index (κ2) is 3.98. The van der Waals surface area contributed by atoms with Crippen LogP contribution in [0.15, 0.2) is 18.2 Å². The standard InChI is InChI=1S/C11H15NO2/c13-7-8-3-1-4-9(11(8)14)10-5-2-6-12-10/h1,3-4,10,12-14H,2,5-7H2/t10-/m1/s1. The highest BCUT2D eigenvalue weighted by Gasteiger charge is 2.20. The number of hydrogen-bond acceptors (Lipinski definition) is 3. The molecule has 0 saturated carbocycles. The number of aromatic hydroxyl groups is 1. The van der Waals surface area contributed by atoms with Gasteiger partial charge in [-0.3, -0.25) is 0 Å². The van der Waals surface area contributed by atoms with Crippen LogP contribution in [0.3, 0.4) is 0 Å². The fourth-order valence-corrected chi connectivity index (χ4v) is 1.97. The molecule has 0 unspecified atom stereocenters. The smallest absolute Gasteiger partial charge is 0.125 e. The zero-order valence-electron chi connectivity index (χ0n) is 8.03. The molecule has 0 spiro atoms. The number of nitrogens with one attached hydrogen (secondary N) is 1. The molecule has 0 radical (unpaired) electrons. The fraction of sp³-hybridized carbons (Fsp3) is 0.455. The second-order valence-electron chi connectivity index (χ2n) is 3.66. The van der Waals surface area contributed by atoms with Gasteiger partial charge in [0.15, 0.2) is 0 Å². The van der Waals surface area contributed by atoms with E-state index in [-0.39, 0.29) is 18.4 Å². The van der Waals surface area contributed by atoms with Gasteiger partial charge < -0.3 is 15.5 Å². The predicted molar refractivity (Wildman–Crippen MR) is 54.0 cm³/mol. The van der Waals surface area contributed by atoms with Gasteiger partial charge in [0, 0.05) is 17.2 Å². The van der Waals surface area contributed by atoms with Gasteiger partial charge in [-0.2, -0.15) is 0 Å². The molecule has 1 fully saturated rings. The zero-order valence-corrected chi connectivity index (χ0v) is 8.03. The first-order chi connectivity index (χ1) is 6.83. The molecule has 14 heavy (non-hydrogen) atoms. The van der Waals surface area contributed by atoms with E-state index in [2.05, 4.69) is 5.32 Å². The number of benzene rings is 1. The Labute approximate surface area is 83.4 Å². The minimum Gasteiger partial charge on any atom is -0.507 e. The van der Waals surface area contributed by atoms with Crippen LogP contribution in [0.2, 0.25) is 0 Å². The van der Waals surface area contributed by atoms with Crippen LogP contribution in [-0.2, 0) is 6.61 Å². The van der Waals surface area contributed by atoms with Crippen molar-refractivity contribution in [3.05, 3.63) is 29.3 Å². The van der Waals surface area contributed by atoms with Crippen molar-refractivity contribution in [2.75, 3.05) is 6.54 Å². The number of aliphatic hydroxyl groups excluding tert-OH is 1. The minimum atomic E-state index is -0.105. The maximum absolute atomic E-state index is 9.85. The molecular weight excluding hydrogens is 178 g/mol. The maximum Gasteiger partial charge on any atom is 0.125 e. The summed E-state index contributed by atoms with van der Waals surface area (Å²) in [4.78, 5) is 0. The molecule has 1 atom stereocenters. The van der Waals surface area contributed by atoms with Crippen molar-refractivity contribution in [1.82, 2.24) is 5.32 Å². The number of phenols is 1. The van der Waals surface area contributed by atoms with Gasteiger partial charge in [-0.15, -0.1) is 0 Å². The predicted octanol–water partition coefficient (Wildman–Crippen LogP) is 1.31. The molecule has 1 aromatic rings. The first-order valence-electron chi connectivity index (χ1n) is 4.98. The second-order valence-corrected chi connectivity index (χ2v) is 3.66. The van der Waals surface area contributed by atoms with Crippen LogP contribution in [0.25, 0.3) is 0 Å². The first kappa shape index (κ1) is 9.49. The summed E-state index contributed by atoms with van der Waals surface area (Å²) < 4.78 is 0. The van der Waals surface area contributed by atoms with Gasteiger partial charge in [0.1, 0.15) is 5.75 Å². The summed E-state index contributed by atoms with van der Waals surface area (Å²) in [6.45, 7) is 0.903. The van der Waals surface area contributed by atoms with E-state index in [0.29, 0.717) is 5.56 Å². The molecule has 1 aliphatic rings. The molecule has 1 heterocycles. The van der Waals surface area contributed by atoms with Crippen molar-refractivity contribution < 1.29 is 10.2 Å². The first-order valence-corrected chi connectivity index (χ1v) is 4.98. The molecule has 3 N–H and O–H groups in total. The molecule has 0 aromatic heterocycles. The van der Waals surface area contributed by atoms with Crippen molar-refractivity contribution in [1.29, 1.82) is 0 Å². The SMILES string of the molecule is OCc1cccc([C@H]2CCCN2)c1O. The van der Waals surface area contributed by atoms with Crippen LogP contribution in [0.4, 0.5) is 0 Å². The Morgan fingerprint density at radius 1 is 1.43 bits per heavy atom. The van der Waals surface area contributed by atoms with Crippen molar-refractivity contribution in [3.8, 4) is 5.75 Å². The lowest BCUT2D eigenvalue weighted by molar-refractivity contribution is 0.275. The Balaban J connectivity index is 2.32. The van der Waals surface area contributed by atoms with Gasteiger partial charge in [0.25, 0.3) is 0 Å². The van der Waals surface area contributed by atoms with Crippen LogP contribution in [-0.4, -0.2) is 16.8 Å². The van der Waals surface area contributed by atoms with Crippen LogP contribution in [0.5, 0.6) is 5.75 Å². The summed E-state index contributed by atoms with van der Waals surface area (Å²) in [6.07, 6.45) is 2.20. The molecule has 1 aliphatic heterocycles. The van der Waals surface area contributed by atoms with Gasteiger partial charge in [-0.05, 0) is 19.4 Å². The van der Waals surface area contributed by atoms with E-state index in [1.165, 1.54) is 0 Å². The molecule has 3 heteroatoms. The molecule has 3 nitrogen and oxygen atoms in total. The average Bonchev–Trinajstić information content (AvgIpc) is 2.71. The molecule has 76 valence electrons. The number of aliphatic hydroxyl groups is 1. The van der Waals surface area contributed by atoms with Crippen LogP contribution in [0.1, 0.15) is 30.0 Å². The van der Waals surface area contributed by atoms with E-state index in [1.807, 2.05) is 12.1 Å². The molecular formula is C11H15NO2. The minimum absolute atomic E-state index is 0.105. The topological polar surface area (TPSA) is 52.5 Å². The normalized spacial score (nSPS) is 21.4. The average molecular weight is 193 g/mol. The highest BCUT2D eigenvalue weighted by Crippen LogP contribution is 2.32. The Morgan fingerprint density at radius 3 is 2.93 bits per heavy atom. The van der Waals surface area contributed by atoms with E-state index in [0.717, 1.165) is 24.9 Å². The molecule has 1 saturated heterocycles. The van der Waals surface area contributed by atoms with E-state index in [1.54, 1.807) is 6.07 Å². The highest BCUT2D eigenvalue weighted by molar-refractivity contribution is 5.42. The highest BCUT2D eigenvalue weighted by atomic mass is 16.3. The van der Waals surface area contributed by atoms with E-state index in [9.17, 15) is 5.11 Å². The molecule has 1 aromatic carbocycles. The summed E-state index contributed by atoms with van der Waals surface area (Å²) in [6, 6.07) is 5.78. The molecule has 2 rings (SSSR count). The third-order valence-corrected chi connectivity index (χ3v) is 2.76. The van der Waals surface area contributed by atoms with Crippen molar-refractivity contribution >= 4 is 0 Å². The lowest BCUT2D eigenvalue weighted by Gasteiger charge is -2.14. The molecule has 0 bridgehead atoms. The van der Waals surface area contributed by atoms with Crippen molar-refractivity contribution in [3.63, 3.8) is 0 Å². The summed E-state index contributed by atoms with van der Waals surface area (Å²) >= 11 is 0. The number of para-hydroxylation sites is 1. The number of hydrogen-bond donors (Lipinski definition) is 3. The Kier molecular flexibility index (Phi) is 2.70. The summed E-state index contributed by atoms with van der Waals surface area (Å²) in [5.74, 6) is 0.245. The maximum atomic E-state index is 9.85. The summed E-state index contributed by atoms with van der Waals surface area (Å²) in [7, 11) is 0. The van der Waals surface area contributed by atoms with Gasteiger partial charge in [0.2, 0.25) is 0 Å². The molecule has 0 aliphatic carbocycles. The number of rotatable bonds is 2. The van der Waals surface area contributed by atoms with Crippen LogP contribution >= 0.6 is 0 Å². The summed E-state index contributed by atoms with van der Waals surface area (Å²) in [5.41, 5.74) is 1.52. The fourth-order valence-electron chi connectivity index (χ4n) is 1.97. The lowest BCUT2D eigenvalue weighted by atomic mass is 10.0. The van der Waals surface area contributed by atoms with Crippen LogP contribution in [0, 0.1) is 0 Å². The van der Waals surface area contributed by atoms with Crippen LogP contribution < -0.4 is 5.32 Å². The Morgan fingerprint density at radius 2 is 2.29 bits per heavy atom. The molecule has 0 amide bonds. The third kappa shape index (κ3) is 1.61. The van der Waals surface area contributed by atoms with Crippen molar-refractivity contribution in [2.45, 2.75) is 25.5 Å². The van der Waals surface area contributed by atoms with Gasteiger partial charge in [-0.1, -0.05) is 18.2 Å². The Hall–Kier alpha value is -1.06. The Bertz CT molecular complexity index is 319. The van der Waals surface area contributed by atoms with Gasteiger partial charge in [-0.25, -0.2) is 0 Å². The van der Waals surface area contributed by atoms with E-state index < -0.39 is 0 Å². The van der Waals surface area contributed by atoms with E-state index in [4.69, 9.17) is 5.11 Å².